The topological polar surface area (TPSA) is 37.4 Å². The number of rotatable bonds is 1. The molecule has 0 aliphatic carbocycles. The number of fused-ring (bicyclic) bond motifs is 1. The standard InChI is InChI=1S/C8H7N3OS/c12-8(10-1-2-10)6-4-13-7-3-9-5-11(6)7/h3-5H,1-2H2. The van der Waals surface area contributed by atoms with Crippen molar-refractivity contribution >= 4 is 22.1 Å². The van der Waals surface area contributed by atoms with Gasteiger partial charge in [0.15, 0.2) is 0 Å². The number of thiazole rings is 1. The van der Waals surface area contributed by atoms with E-state index in [2.05, 4.69) is 4.98 Å². The molecule has 0 aromatic carbocycles. The lowest BCUT2D eigenvalue weighted by Gasteiger charge is -1.97. The molecule has 2 aromatic rings. The van der Waals surface area contributed by atoms with Crippen molar-refractivity contribution in [3.8, 4) is 0 Å². The van der Waals surface area contributed by atoms with Crippen LogP contribution in [0.25, 0.3) is 4.83 Å². The highest BCUT2D eigenvalue weighted by Gasteiger charge is 2.27. The van der Waals surface area contributed by atoms with E-state index in [9.17, 15) is 4.79 Å². The van der Waals surface area contributed by atoms with Gasteiger partial charge in [-0.3, -0.25) is 9.20 Å². The van der Waals surface area contributed by atoms with Gasteiger partial charge in [-0.15, -0.1) is 11.3 Å². The monoisotopic (exact) mass is 193 g/mol. The Kier molecular flexibility index (Phi) is 1.26. The van der Waals surface area contributed by atoms with E-state index in [4.69, 9.17) is 0 Å². The van der Waals surface area contributed by atoms with Gasteiger partial charge in [0, 0.05) is 18.5 Å². The second kappa shape index (κ2) is 2.32. The summed E-state index contributed by atoms with van der Waals surface area (Å²) in [6.45, 7) is 1.79. The molecule has 13 heavy (non-hydrogen) atoms. The Morgan fingerprint density at radius 2 is 2.38 bits per heavy atom. The Morgan fingerprint density at radius 1 is 1.54 bits per heavy atom. The molecule has 0 bridgehead atoms. The van der Waals surface area contributed by atoms with Crippen LogP contribution >= 0.6 is 11.3 Å². The Balaban J connectivity index is 2.14. The van der Waals surface area contributed by atoms with E-state index in [-0.39, 0.29) is 5.91 Å². The molecule has 1 amide bonds. The number of aromatic nitrogens is 2. The summed E-state index contributed by atoms with van der Waals surface area (Å²) in [4.78, 5) is 18.5. The van der Waals surface area contributed by atoms with E-state index in [1.807, 2.05) is 14.7 Å². The number of nitrogens with zero attached hydrogens (tertiary/aromatic N) is 3. The second-order valence-corrected chi connectivity index (χ2v) is 3.90. The van der Waals surface area contributed by atoms with Gasteiger partial charge in [0.05, 0.1) is 6.20 Å². The van der Waals surface area contributed by atoms with Crippen LogP contribution in [0.4, 0.5) is 0 Å². The van der Waals surface area contributed by atoms with Crippen molar-refractivity contribution in [3.05, 3.63) is 23.6 Å². The van der Waals surface area contributed by atoms with Gasteiger partial charge in [0.25, 0.3) is 5.91 Å². The van der Waals surface area contributed by atoms with Crippen molar-refractivity contribution in [2.75, 3.05) is 13.1 Å². The molecule has 3 heterocycles. The van der Waals surface area contributed by atoms with Crippen molar-refractivity contribution in [3.63, 3.8) is 0 Å². The first-order valence-corrected chi connectivity index (χ1v) is 4.93. The Bertz CT molecular complexity index is 468. The van der Waals surface area contributed by atoms with Crippen molar-refractivity contribution in [1.29, 1.82) is 0 Å². The van der Waals surface area contributed by atoms with E-state index >= 15 is 0 Å². The first kappa shape index (κ1) is 7.08. The molecule has 5 heteroatoms. The number of carbonyl (C=O) groups is 1. The lowest BCUT2D eigenvalue weighted by atomic mass is 10.4. The highest BCUT2D eigenvalue weighted by atomic mass is 32.1. The minimum absolute atomic E-state index is 0.115. The van der Waals surface area contributed by atoms with Crippen molar-refractivity contribution in [1.82, 2.24) is 14.3 Å². The highest BCUT2D eigenvalue weighted by molar-refractivity contribution is 7.15. The van der Waals surface area contributed by atoms with Crippen LogP contribution in [0.3, 0.4) is 0 Å². The molecule has 1 saturated heterocycles. The molecule has 2 aromatic heterocycles. The number of amides is 1. The van der Waals surface area contributed by atoms with Crippen LogP contribution in [-0.2, 0) is 0 Å². The van der Waals surface area contributed by atoms with Gasteiger partial charge in [-0.2, -0.15) is 0 Å². The summed E-state index contributed by atoms with van der Waals surface area (Å²) in [7, 11) is 0. The summed E-state index contributed by atoms with van der Waals surface area (Å²) in [6, 6.07) is 0. The molecule has 0 atom stereocenters. The first-order valence-electron chi connectivity index (χ1n) is 4.05. The Morgan fingerprint density at radius 3 is 3.15 bits per heavy atom. The molecule has 0 unspecified atom stereocenters. The zero-order valence-electron chi connectivity index (χ0n) is 6.80. The molecular weight excluding hydrogens is 186 g/mol. The molecule has 0 spiro atoms. The smallest absolute Gasteiger partial charge is 0.271 e. The maximum Gasteiger partial charge on any atom is 0.271 e. The van der Waals surface area contributed by atoms with E-state index < -0.39 is 0 Å². The predicted octanol–water partition coefficient (Wildman–Crippen LogP) is 0.852. The molecular formula is C8H7N3OS. The van der Waals surface area contributed by atoms with Crippen LogP contribution < -0.4 is 0 Å². The quantitative estimate of drug-likeness (QED) is 0.630. The third kappa shape index (κ3) is 0.968. The van der Waals surface area contributed by atoms with E-state index in [0.29, 0.717) is 0 Å². The summed E-state index contributed by atoms with van der Waals surface area (Å²) < 4.78 is 1.84. The fraction of sp³-hybridized carbons (Fsp3) is 0.250. The minimum atomic E-state index is 0.115. The summed E-state index contributed by atoms with van der Waals surface area (Å²) in [6.07, 6.45) is 3.45. The summed E-state index contributed by atoms with van der Waals surface area (Å²) >= 11 is 1.55. The van der Waals surface area contributed by atoms with Crippen LogP contribution in [0.1, 0.15) is 10.5 Å². The Labute approximate surface area is 78.4 Å². The summed E-state index contributed by atoms with van der Waals surface area (Å²) in [5.41, 5.74) is 0.731. The van der Waals surface area contributed by atoms with Crippen LogP contribution in [-0.4, -0.2) is 33.3 Å². The third-order valence-corrected chi connectivity index (χ3v) is 2.99. The van der Waals surface area contributed by atoms with E-state index in [0.717, 1.165) is 23.6 Å². The highest BCUT2D eigenvalue weighted by Crippen LogP contribution is 2.19. The first-order chi connectivity index (χ1) is 6.36. The van der Waals surface area contributed by atoms with Gasteiger partial charge in [0.1, 0.15) is 16.9 Å². The van der Waals surface area contributed by atoms with Crippen LogP contribution in [0, 0.1) is 0 Å². The van der Waals surface area contributed by atoms with E-state index in [1.54, 1.807) is 23.9 Å². The summed E-state index contributed by atoms with van der Waals surface area (Å²) in [5, 5.41) is 1.89. The van der Waals surface area contributed by atoms with Gasteiger partial charge in [-0.05, 0) is 0 Å². The fourth-order valence-corrected chi connectivity index (χ4v) is 2.12. The lowest BCUT2D eigenvalue weighted by molar-refractivity contribution is 0.0879. The van der Waals surface area contributed by atoms with Crippen molar-refractivity contribution in [2.45, 2.75) is 0 Å². The van der Waals surface area contributed by atoms with Gasteiger partial charge in [-0.1, -0.05) is 0 Å². The van der Waals surface area contributed by atoms with Gasteiger partial charge in [0.2, 0.25) is 0 Å². The molecule has 3 rings (SSSR count). The van der Waals surface area contributed by atoms with E-state index in [1.165, 1.54) is 0 Å². The fourth-order valence-electron chi connectivity index (χ4n) is 1.29. The average molecular weight is 193 g/mol. The Hall–Kier alpha value is -1.36. The molecule has 0 radical (unpaired) electrons. The number of carbonyl (C=O) groups excluding carboxylic acids is 1. The second-order valence-electron chi connectivity index (χ2n) is 3.02. The van der Waals surface area contributed by atoms with Gasteiger partial charge < -0.3 is 4.90 Å². The van der Waals surface area contributed by atoms with Crippen molar-refractivity contribution < 1.29 is 4.79 Å². The largest absolute Gasteiger partial charge is 0.334 e. The zero-order valence-corrected chi connectivity index (χ0v) is 7.62. The maximum atomic E-state index is 11.7. The maximum absolute atomic E-state index is 11.7. The zero-order chi connectivity index (χ0) is 8.84. The normalized spacial score (nSPS) is 15.2. The van der Waals surface area contributed by atoms with Crippen LogP contribution in [0.2, 0.25) is 0 Å². The molecule has 66 valence electrons. The SMILES string of the molecule is O=C(c1csc2cncn12)N1CC1. The number of imidazole rings is 1. The number of hydrogen-bond acceptors (Lipinski definition) is 3. The average Bonchev–Trinajstić information content (AvgIpc) is 2.73. The molecule has 0 saturated carbocycles. The molecule has 1 aliphatic heterocycles. The summed E-state index contributed by atoms with van der Waals surface area (Å²) in [5.74, 6) is 0.115. The molecule has 4 nitrogen and oxygen atoms in total. The van der Waals surface area contributed by atoms with Crippen molar-refractivity contribution in [2.24, 2.45) is 0 Å². The van der Waals surface area contributed by atoms with Gasteiger partial charge in [-0.25, -0.2) is 4.98 Å². The minimum Gasteiger partial charge on any atom is -0.334 e. The van der Waals surface area contributed by atoms with Gasteiger partial charge >= 0.3 is 0 Å². The molecule has 1 fully saturated rings. The predicted molar refractivity (Wildman–Crippen MR) is 49.0 cm³/mol. The van der Waals surface area contributed by atoms with Crippen LogP contribution in [0.5, 0.6) is 0 Å². The lowest BCUT2D eigenvalue weighted by Crippen LogP contribution is -2.12. The molecule has 1 aliphatic rings. The van der Waals surface area contributed by atoms with Crippen LogP contribution in [0.15, 0.2) is 17.9 Å². The third-order valence-electron chi connectivity index (χ3n) is 2.11. The molecule has 0 N–H and O–H groups in total. The number of hydrogen-bond donors (Lipinski definition) is 0.